The maximum Gasteiger partial charge on any atom is 0.166 e. The van der Waals surface area contributed by atoms with E-state index in [1.807, 2.05) is 13.0 Å². The standard InChI is InChI=1S/C12H19BN4/c1-4-10-7-17(12(6-14)16-15-3)8-11(10)5-9(2)13/h5-6,14-15H,4,7-8H2,1-3H3/b9-5+,14-6?,16-12+. The summed E-state index contributed by atoms with van der Waals surface area (Å²) in [5.74, 6) is 0.650. The molecule has 4 nitrogen and oxygen atoms in total. The number of hydrogen-bond donors (Lipinski definition) is 2. The molecule has 90 valence electrons. The molecular formula is C12H19BN4. The molecular weight excluding hydrogens is 211 g/mol. The van der Waals surface area contributed by atoms with Crippen LogP contribution in [0.25, 0.3) is 0 Å². The summed E-state index contributed by atoms with van der Waals surface area (Å²) < 4.78 is 0. The summed E-state index contributed by atoms with van der Waals surface area (Å²) >= 11 is 0. The van der Waals surface area contributed by atoms with Crippen LogP contribution in [0.4, 0.5) is 0 Å². The van der Waals surface area contributed by atoms with E-state index < -0.39 is 0 Å². The predicted octanol–water partition coefficient (Wildman–Crippen LogP) is 1.26. The Hall–Kier alpha value is -1.52. The van der Waals surface area contributed by atoms with Gasteiger partial charge in [-0.3, -0.25) is 0 Å². The van der Waals surface area contributed by atoms with Gasteiger partial charge in [0.25, 0.3) is 0 Å². The van der Waals surface area contributed by atoms with Crippen molar-refractivity contribution in [2.45, 2.75) is 20.3 Å². The topological polar surface area (TPSA) is 51.5 Å². The van der Waals surface area contributed by atoms with Crippen molar-refractivity contribution >= 4 is 19.9 Å². The first-order valence-electron chi connectivity index (χ1n) is 5.76. The minimum Gasteiger partial charge on any atom is -0.346 e. The van der Waals surface area contributed by atoms with Gasteiger partial charge in [0.2, 0.25) is 0 Å². The molecule has 1 aliphatic rings. The van der Waals surface area contributed by atoms with E-state index in [1.165, 1.54) is 17.4 Å². The zero-order valence-electron chi connectivity index (χ0n) is 10.7. The lowest BCUT2D eigenvalue weighted by molar-refractivity contribution is 0.527. The highest BCUT2D eigenvalue weighted by Crippen LogP contribution is 2.22. The van der Waals surface area contributed by atoms with E-state index in [2.05, 4.69) is 22.4 Å². The molecule has 2 radical (unpaired) electrons. The van der Waals surface area contributed by atoms with Crippen molar-refractivity contribution < 1.29 is 0 Å². The molecule has 0 aromatic carbocycles. The van der Waals surface area contributed by atoms with Gasteiger partial charge in [0.05, 0.1) is 6.21 Å². The molecule has 0 bridgehead atoms. The summed E-state index contributed by atoms with van der Waals surface area (Å²) in [7, 11) is 7.46. The van der Waals surface area contributed by atoms with Gasteiger partial charge >= 0.3 is 0 Å². The highest BCUT2D eigenvalue weighted by Gasteiger charge is 2.21. The minimum absolute atomic E-state index is 0.650. The molecule has 0 spiro atoms. The molecule has 0 amide bonds. The number of nitrogens with one attached hydrogen (secondary N) is 2. The summed E-state index contributed by atoms with van der Waals surface area (Å²) in [5.41, 5.74) is 6.14. The van der Waals surface area contributed by atoms with Gasteiger partial charge in [-0.2, -0.15) is 5.10 Å². The molecule has 5 heteroatoms. The molecule has 0 fully saturated rings. The Balaban J connectivity index is 2.86. The predicted molar refractivity (Wildman–Crippen MR) is 73.7 cm³/mol. The SMILES string of the molecule is [B]/C(C)=C/C1=C(CC)CN(/C(C=N)=N/NC)C1. The Kier molecular flexibility index (Phi) is 5.00. The maximum absolute atomic E-state index is 7.36. The van der Waals surface area contributed by atoms with Gasteiger partial charge in [-0.25, -0.2) is 0 Å². The minimum atomic E-state index is 0.650. The van der Waals surface area contributed by atoms with Gasteiger partial charge in [0.15, 0.2) is 5.84 Å². The van der Waals surface area contributed by atoms with Crippen LogP contribution in [0.1, 0.15) is 20.3 Å². The van der Waals surface area contributed by atoms with Crippen LogP contribution >= 0.6 is 0 Å². The van der Waals surface area contributed by atoms with E-state index in [4.69, 9.17) is 13.3 Å². The van der Waals surface area contributed by atoms with Gasteiger partial charge in [0.1, 0.15) is 7.85 Å². The first-order valence-corrected chi connectivity index (χ1v) is 5.76. The second-order valence-electron chi connectivity index (χ2n) is 4.06. The second-order valence-corrected chi connectivity index (χ2v) is 4.06. The Labute approximate surface area is 104 Å². The van der Waals surface area contributed by atoms with E-state index in [-0.39, 0.29) is 0 Å². The van der Waals surface area contributed by atoms with Crippen molar-refractivity contribution in [1.82, 2.24) is 10.3 Å². The van der Waals surface area contributed by atoms with Gasteiger partial charge in [0, 0.05) is 20.1 Å². The third-order valence-corrected chi connectivity index (χ3v) is 2.71. The molecule has 0 saturated heterocycles. The normalized spacial score (nSPS) is 17.7. The van der Waals surface area contributed by atoms with Crippen molar-refractivity contribution in [2.75, 3.05) is 20.1 Å². The third-order valence-electron chi connectivity index (χ3n) is 2.71. The van der Waals surface area contributed by atoms with Crippen molar-refractivity contribution in [2.24, 2.45) is 5.10 Å². The average Bonchev–Trinajstić information content (AvgIpc) is 2.67. The molecule has 0 aromatic rings. The molecule has 17 heavy (non-hydrogen) atoms. The van der Waals surface area contributed by atoms with E-state index in [0.29, 0.717) is 5.84 Å². The summed E-state index contributed by atoms with van der Waals surface area (Å²) in [4.78, 5) is 2.07. The number of hydrogen-bond acceptors (Lipinski definition) is 3. The van der Waals surface area contributed by atoms with Gasteiger partial charge in [-0.15, -0.1) is 5.47 Å². The summed E-state index contributed by atoms with van der Waals surface area (Å²) in [6.07, 6.45) is 4.28. The maximum atomic E-state index is 7.36. The highest BCUT2D eigenvalue weighted by atomic mass is 15.3. The van der Waals surface area contributed by atoms with Gasteiger partial charge in [-0.05, 0) is 17.6 Å². The Morgan fingerprint density at radius 3 is 2.76 bits per heavy atom. The largest absolute Gasteiger partial charge is 0.346 e. The molecule has 1 rings (SSSR count). The summed E-state index contributed by atoms with van der Waals surface area (Å²) in [6.45, 7) is 5.62. The molecule has 0 unspecified atom stereocenters. The van der Waals surface area contributed by atoms with E-state index in [9.17, 15) is 0 Å². The fourth-order valence-corrected chi connectivity index (χ4v) is 1.94. The zero-order chi connectivity index (χ0) is 12.8. The monoisotopic (exact) mass is 230 g/mol. The molecule has 0 saturated carbocycles. The molecule has 1 heterocycles. The lowest BCUT2D eigenvalue weighted by Gasteiger charge is -2.17. The van der Waals surface area contributed by atoms with Gasteiger partial charge in [-0.1, -0.05) is 19.9 Å². The van der Waals surface area contributed by atoms with Crippen LogP contribution in [0.3, 0.4) is 0 Å². The van der Waals surface area contributed by atoms with Crippen molar-refractivity contribution in [3.63, 3.8) is 0 Å². The lowest BCUT2D eigenvalue weighted by atomic mass is 9.94. The Bertz CT molecular complexity index is 378. The van der Waals surface area contributed by atoms with Crippen molar-refractivity contribution in [1.29, 1.82) is 5.41 Å². The number of nitrogens with zero attached hydrogens (tertiary/aromatic N) is 2. The molecule has 1 aliphatic heterocycles. The zero-order valence-corrected chi connectivity index (χ0v) is 10.7. The molecule has 0 aromatic heterocycles. The highest BCUT2D eigenvalue weighted by molar-refractivity contribution is 6.28. The van der Waals surface area contributed by atoms with Crippen molar-refractivity contribution in [3.05, 3.63) is 22.7 Å². The number of allylic oxidation sites excluding steroid dienone is 1. The number of amidine groups is 1. The van der Waals surface area contributed by atoms with Crippen LogP contribution in [0, 0.1) is 5.41 Å². The Morgan fingerprint density at radius 1 is 1.59 bits per heavy atom. The van der Waals surface area contributed by atoms with Crippen LogP contribution in [0.15, 0.2) is 27.8 Å². The van der Waals surface area contributed by atoms with E-state index >= 15 is 0 Å². The molecule has 0 atom stereocenters. The van der Waals surface area contributed by atoms with E-state index in [1.54, 1.807) is 7.05 Å². The second kappa shape index (κ2) is 6.28. The smallest absolute Gasteiger partial charge is 0.166 e. The van der Waals surface area contributed by atoms with Crippen LogP contribution in [-0.2, 0) is 0 Å². The first-order chi connectivity index (χ1) is 8.12. The van der Waals surface area contributed by atoms with Crippen LogP contribution in [-0.4, -0.2) is 44.9 Å². The third kappa shape index (κ3) is 3.48. The fourth-order valence-electron chi connectivity index (χ4n) is 1.94. The summed E-state index contributed by atoms with van der Waals surface area (Å²) in [5, 5.41) is 11.4. The van der Waals surface area contributed by atoms with Crippen molar-refractivity contribution in [3.8, 4) is 0 Å². The van der Waals surface area contributed by atoms with E-state index in [0.717, 1.165) is 25.0 Å². The number of hydrazone groups is 1. The fraction of sp³-hybridized carbons (Fsp3) is 0.500. The first kappa shape index (κ1) is 13.5. The molecule has 0 aliphatic carbocycles. The average molecular weight is 230 g/mol. The summed E-state index contributed by atoms with van der Waals surface area (Å²) in [6, 6.07) is 0. The Morgan fingerprint density at radius 2 is 2.29 bits per heavy atom. The van der Waals surface area contributed by atoms with Crippen LogP contribution in [0.2, 0.25) is 0 Å². The van der Waals surface area contributed by atoms with Gasteiger partial charge < -0.3 is 15.7 Å². The van der Waals surface area contributed by atoms with Crippen LogP contribution in [0.5, 0.6) is 0 Å². The number of rotatable bonds is 4. The molecule has 2 N–H and O–H groups in total. The quantitative estimate of drug-likeness (QED) is 0.330. The lowest BCUT2D eigenvalue weighted by Crippen LogP contribution is -2.31. The van der Waals surface area contributed by atoms with Crippen LogP contribution < -0.4 is 5.43 Å².